The average molecular weight is 958 g/mol. The highest BCUT2D eigenvalue weighted by atomic mass is 19.4. The number of aliphatic carboxylic acids is 3. The van der Waals surface area contributed by atoms with Crippen molar-refractivity contribution >= 4 is 65.0 Å². The maximum atomic E-state index is 14.3. The van der Waals surface area contributed by atoms with Gasteiger partial charge in [-0.2, -0.15) is 13.2 Å². The summed E-state index contributed by atoms with van der Waals surface area (Å²) in [6.07, 6.45) is -10.7. The van der Waals surface area contributed by atoms with Crippen LogP contribution in [0, 0.1) is 18.3 Å². The van der Waals surface area contributed by atoms with Gasteiger partial charge in [0.1, 0.15) is 36.3 Å². The smallest absolute Gasteiger partial charge is 0.391 e. The van der Waals surface area contributed by atoms with Gasteiger partial charge >= 0.3 is 24.1 Å². The zero-order valence-corrected chi connectivity index (χ0v) is 38.4. The standard InChI is InChI=1S/C43H62F3N7O14/c1-8-17-47-40(66)34(61)29(21-43(44,45)46)52-37(63)26(18-22(2)3)51-41(67)35(42(5,6)7)53-39(65)27(19-24-12-10-9-11-23(24)4)50-36(62)25(13-15-31(55)56)49-38(64)28(20-33(59)60)48-30(54)14-16-32(57)58/h9-12,22,25-29,35H,8,13-21H2,1-7H3,(H,47,66)(H,48,54)(H,49,64)(H,50,62)(H,51,67)(H,52,63)(H,53,65)(H,55,56)(H,57,58)(H,59,60)/t25-,26-,27-,28-,29?,35+/m0/s1. The van der Waals surface area contributed by atoms with Gasteiger partial charge in [0.15, 0.2) is 0 Å². The number of nitrogens with one attached hydrogen (secondary N) is 7. The summed E-state index contributed by atoms with van der Waals surface area (Å²) in [6, 6.07) is -4.17. The van der Waals surface area contributed by atoms with E-state index in [1.165, 1.54) is 20.8 Å². The molecule has 7 amide bonds. The van der Waals surface area contributed by atoms with Gasteiger partial charge in [-0.15, -0.1) is 0 Å². The summed E-state index contributed by atoms with van der Waals surface area (Å²) in [5, 5.41) is 43.6. The number of hydrogen-bond acceptors (Lipinski definition) is 11. The van der Waals surface area contributed by atoms with Gasteiger partial charge in [0, 0.05) is 25.8 Å². The van der Waals surface area contributed by atoms with Crippen LogP contribution in [-0.4, -0.2) is 129 Å². The molecule has 67 heavy (non-hydrogen) atoms. The number of hydrogen-bond donors (Lipinski definition) is 10. The number of carboxylic acids is 3. The molecule has 0 bridgehead atoms. The van der Waals surface area contributed by atoms with E-state index in [9.17, 15) is 76.1 Å². The lowest BCUT2D eigenvalue weighted by Crippen LogP contribution is -2.62. The first-order valence-electron chi connectivity index (χ1n) is 21.3. The fourth-order valence-corrected chi connectivity index (χ4v) is 6.29. The number of carbonyl (C=O) groups is 11. The van der Waals surface area contributed by atoms with Gasteiger partial charge in [-0.05, 0) is 48.6 Å². The topological polar surface area (TPSA) is 333 Å². The van der Waals surface area contributed by atoms with Gasteiger partial charge in [-0.3, -0.25) is 52.7 Å². The molecule has 0 spiro atoms. The summed E-state index contributed by atoms with van der Waals surface area (Å²) < 4.78 is 40.7. The van der Waals surface area contributed by atoms with Crippen LogP contribution < -0.4 is 37.2 Å². The summed E-state index contributed by atoms with van der Waals surface area (Å²) >= 11 is 0. The molecule has 0 aliphatic carbocycles. The second-order valence-corrected chi connectivity index (χ2v) is 17.3. The predicted molar refractivity (Wildman–Crippen MR) is 230 cm³/mol. The van der Waals surface area contributed by atoms with Crippen LogP contribution in [0.2, 0.25) is 0 Å². The van der Waals surface area contributed by atoms with Crippen LogP contribution in [0.3, 0.4) is 0 Å². The number of halogens is 3. The Bertz CT molecular complexity index is 1970. The molecule has 0 aliphatic heterocycles. The minimum absolute atomic E-state index is 0.0325. The number of alkyl halides is 3. The van der Waals surface area contributed by atoms with E-state index in [1.807, 2.05) is 5.32 Å². The highest BCUT2D eigenvalue weighted by Gasteiger charge is 2.41. The lowest BCUT2D eigenvalue weighted by atomic mass is 9.85. The van der Waals surface area contributed by atoms with Crippen molar-refractivity contribution in [3.63, 3.8) is 0 Å². The van der Waals surface area contributed by atoms with Crippen molar-refractivity contribution < 1.29 is 81.2 Å². The molecule has 0 saturated carbocycles. The molecule has 0 saturated heterocycles. The molecule has 0 radical (unpaired) electrons. The first kappa shape index (κ1) is 58.4. The molecular formula is C43H62F3N7O14. The van der Waals surface area contributed by atoms with Crippen molar-refractivity contribution in [2.75, 3.05) is 6.54 Å². The lowest BCUT2D eigenvalue weighted by molar-refractivity contribution is -0.154. The Morgan fingerprint density at radius 2 is 1.15 bits per heavy atom. The third kappa shape index (κ3) is 22.4. The number of amides is 7. The van der Waals surface area contributed by atoms with E-state index in [0.29, 0.717) is 17.5 Å². The largest absolute Gasteiger partial charge is 0.481 e. The first-order chi connectivity index (χ1) is 30.9. The zero-order valence-electron chi connectivity index (χ0n) is 38.4. The van der Waals surface area contributed by atoms with E-state index in [0.717, 1.165) is 0 Å². The normalized spacial score (nSPS) is 14.1. The van der Waals surface area contributed by atoms with Crippen LogP contribution in [0.25, 0.3) is 0 Å². The number of carbonyl (C=O) groups excluding carboxylic acids is 8. The predicted octanol–water partition coefficient (Wildman–Crippen LogP) is 0.791. The van der Waals surface area contributed by atoms with Crippen LogP contribution in [0.4, 0.5) is 13.2 Å². The number of benzene rings is 1. The summed E-state index contributed by atoms with van der Waals surface area (Å²) in [5.41, 5.74) is -0.0664. The highest BCUT2D eigenvalue weighted by molar-refractivity contribution is 6.38. The van der Waals surface area contributed by atoms with E-state index >= 15 is 0 Å². The highest BCUT2D eigenvalue weighted by Crippen LogP contribution is 2.24. The number of rotatable bonds is 28. The minimum Gasteiger partial charge on any atom is -0.481 e. The molecule has 0 aromatic heterocycles. The average Bonchev–Trinajstić information content (AvgIpc) is 3.20. The fraction of sp³-hybridized carbons (Fsp3) is 0.605. The molecule has 24 heteroatoms. The summed E-state index contributed by atoms with van der Waals surface area (Å²) in [5.74, 6) is -14.4. The molecule has 1 aromatic rings. The van der Waals surface area contributed by atoms with Gasteiger partial charge in [-0.25, -0.2) is 0 Å². The van der Waals surface area contributed by atoms with E-state index in [4.69, 9.17) is 5.11 Å². The molecule has 21 nitrogen and oxygen atoms in total. The van der Waals surface area contributed by atoms with E-state index < -0.39 is 151 Å². The van der Waals surface area contributed by atoms with Gasteiger partial charge in [0.2, 0.25) is 41.2 Å². The fourth-order valence-electron chi connectivity index (χ4n) is 6.29. The Labute approximate surface area is 384 Å². The zero-order chi connectivity index (χ0) is 51.4. The van der Waals surface area contributed by atoms with E-state index in [-0.39, 0.29) is 25.3 Å². The van der Waals surface area contributed by atoms with Crippen molar-refractivity contribution in [1.29, 1.82) is 0 Å². The molecule has 374 valence electrons. The Hall–Kier alpha value is -6.62. The molecule has 6 atom stereocenters. The van der Waals surface area contributed by atoms with E-state index in [2.05, 4.69) is 31.9 Å². The third-order valence-corrected chi connectivity index (χ3v) is 9.78. The van der Waals surface area contributed by atoms with Gasteiger partial charge in [0.25, 0.3) is 5.91 Å². The Morgan fingerprint density at radius 1 is 0.627 bits per heavy atom. The van der Waals surface area contributed by atoms with E-state index in [1.54, 1.807) is 52.0 Å². The van der Waals surface area contributed by atoms with Crippen LogP contribution in [-0.2, 0) is 59.2 Å². The summed E-state index contributed by atoms with van der Waals surface area (Å²) in [6.45, 7) is 11.1. The van der Waals surface area contributed by atoms with Gasteiger partial charge in [0.05, 0.1) is 19.3 Å². The van der Waals surface area contributed by atoms with Gasteiger partial charge < -0.3 is 52.5 Å². The maximum absolute atomic E-state index is 14.3. The molecule has 1 rings (SSSR count). The van der Waals surface area contributed by atoms with Crippen molar-refractivity contribution in [2.24, 2.45) is 11.3 Å². The molecular weight excluding hydrogens is 896 g/mol. The summed E-state index contributed by atoms with van der Waals surface area (Å²) in [7, 11) is 0. The molecule has 0 heterocycles. The second-order valence-electron chi connectivity index (χ2n) is 17.3. The van der Waals surface area contributed by atoms with Crippen molar-refractivity contribution in [3.8, 4) is 0 Å². The Morgan fingerprint density at radius 3 is 1.67 bits per heavy atom. The molecule has 0 aliphatic rings. The second kappa shape index (κ2) is 27.1. The van der Waals surface area contributed by atoms with Gasteiger partial charge in [-0.1, -0.05) is 65.8 Å². The number of Topliss-reactive ketones (excluding diaryl/α,β-unsaturated/α-hetero) is 1. The van der Waals surface area contributed by atoms with Crippen LogP contribution >= 0.6 is 0 Å². The molecule has 10 N–H and O–H groups in total. The quantitative estimate of drug-likeness (QED) is 0.0520. The molecule has 1 unspecified atom stereocenters. The van der Waals surface area contributed by atoms with Crippen LogP contribution in [0.5, 0.6) is 0 Å². The SMILES string of the molecule is CCCNC(=O)C(=O)C(CC(F)(F)F)NC(=O)[C@H](CC(C)C)NC(=O)[C@@H](NC(=O)[C@H](Cc1ccccc1C)NC(=O)[C@H](CCC(=O)O)NC(=O)[C@H](CC(=O)O)NC(=O)CCC(=O)O)C(C)(C)C. The number of aryl methyl sites for hydroxylation is 1. The lowest BCUT2D eigenvalue weighted by Gasteiger charge is -2.34. The Kier molecular flexibility index (Phi) is 23.6. The Balaban J connectivity index is 3.63. The van der Waals surface area contributed by atoms with Crippen LogP contribution in [0.1, 0.15) is 104 Å². The van der Waals surface area contributed by atoms with Crippen LogP contribution in [0.15, 0.2) is 24.3 Å². The number of carboxylic acid groups (broad SMARTS) is 3. The van der Waals surface area contributed by atoms with Crippen molar-refractivity contribution in [1.82, 2.24) is 37.2 Å². The summed E-state index contributed by atoms with van der Waals surface area (Å²) in [4.78, 5) is 141. The first-order valence-corrected chi connectivity index (χ1v) is 21.3. The van der Waals surface area contributed by atoms with Crippen molar-refractivity contribution in [3.05, 3.63) is 35.4 Å². The number of ketones is 1. The molecule has 0 fully saturated rings. The third-order valence-electron chi connectivity index (χ3n) is 9.78. The minimum atomic E-state index is -5.01. The van der Waals surface area contributed by atoms with Crippen molar-refractivity contribution in [2.45, 2.75) is 149 Å². The maximum Gasteiger partial charge on any atom is 0.391 e. The monoisotopic (exact) mass is 957 g/mol. The molecule has 1 aromatic carbocycles.